The van der Waals surface area contributed by atoms with Gasteiger partial charge in [-0.1, -0.05) is 0 Å². The predicted molar refractivity (Wildman–Crippen MR) is 81.7 cm³/mol. The summed E-state index contributed by atoms with van der Waals surface area (Å²) in [6.07, 6.45) is 1.91. The Morgan fingerprint density at radius 1 is 1.29 bits per heavy atom. The minimum Gasteiger partial charge on any atom is -0.481 e. The Morgan fingerprint density at radius 3 is 2.67 bits per heavy atom. The number of hydrogen-bond acceptors (Lipinski definition) is 3. The van der Waals surface area contributed by atoms with Gasteiger partial charge in [0.15, 0.2) is 11.9 Å². The van der Waals surface area contributed by atoms with E-state index in [4.69, 9.17) is 4.74 Å². The maximum absolute atomic E-state index is 12.2. The number of amides is 1. The molecule has 1 unspecified atom stereocenters. The van der Waals surface area contributed by atoms with Gasteiger partial charge in [0, 0.05) is 25.1 Å². The molecule has 114 valence electrons. The van der Waals surface area contributed by atoms with Crippen molar-refractivity contribution in [1.29, 1.82) is 0 Å². The van der Waals surface area contributed by atoms with Crippen LogP contribution in [0.25, 0.3) is 0 Å². The third-order valence-corrected chi connectivity index (χ3v) is 3.96. The van der Waals surface area contributed by atoms with Crippen molar-refractivity contribution in [2.45, 2.75) is 46.1 Å². The number of ketones is 1. The molecule has 1 aromatic rings. The molecule has 1 amide bonds. The van der Waals surface area contributed by atoms with Crippen LogP contribution in [0.2, 0.25) is 0 Å². The standard InChI is InChI=1S/C17H23NO3/c1-4-18(5-2)17(20)12(3)21-14-9-10-15-13(11-14)7-6-8-16(15)19/h9-12H,4-8H2,1-3H3. The molecule has 4 nitrogen and oxygen atoms in total. The number of aryl methyl sites for hydroxylation is 1. The smallest absolute Gasteiger partial charge is 0.263 e. The van der Waals surface area contributed by atoms with E-state index in [0.29, 0.717) is 25.3 Å². The van der Waals surface area contributed by atoms with Gasteiger partial charge in [-0.15, -0.1) is 0 Å². The van der Waals surface area contributed by atoms with Gasteiger partial charge in [0.25, 0.3) is 5.91 Å². The Morgan fingerprint density at radius 2 is 2.00 bits per heavy atom. The SMILES string of the molecule is CCN(CC)C(=O)C(C)Oc1ccc2c(c1)CCCC2=O. The van der Waals surface area contributed by atoms with Crippen LogP contribution in [0.1, 0.15) is 49.5 Å². The lowest BCUT2D eigenvalue weighted by atomic mass is 9.90. The molecule has 1 aliphatic carbocycles. The lowest BCUT2D eigenvalue weighted by Crippen LogP contribution is -2.40. The van der Waals surface area contributed by atoms with Crippen LogP contribution in [-0.4, -0.2) is 35.8 Å². The molecule has 0 aliphatic heterocycles. The predicted octanol–water partition coefficient (Wildman–Crippen LogP) is 2.84. The first kappa shape index (κ1) is 15.5. The zero-order valence-electron chi connectivity index (χ0n) is 13.0. The van der Waals surface area contributed by atoms with Crippen molar-refractivity contribution in [2.24, 2.45) is 0 Å². The van der Waals surface area contributed by atoms with Crippen molar-refractivity contribution in [3.63, 3.8) is 0 Å². The number of fused-ring (bicyclic) bond motifs is 1. The number of carbonyl (C=O) groups excluding carboxylic acids is 2. The molecule has 21 heavy (non-hydrogen) atoms. The third-order valence-electron chi connectivity index (χ3n) is 3.96. The average molecular weight is 289 g/mol. The summed E-state index contributed by atoms with van der Waals surface area (Å²) in [5.74, 6) is 0.861. The minimum absolute atomic E-state index is 0.00574. The molecule has 0 fully saturated rings. The van der Waals surface area contributed by atoms with Gasteiger partial charge in [-0.2, -0.15) is 0 Å². The Kier molecular flexibility index (Phi) is 4.99. The van der Waals surface area contributed by atoms with E-state index in [1.165, 1.54) is 0 Å². The van der Waals surface area contributed by atoms with Crippen LogP contribution in [0.3, 0.4) is 0 Å². The van der Waals surface area contributed by atoms with Crippen LogP contribution in [0.15, 0.2) is 18.2 Å². The molecule has 1 atom stereocenters. The van der Waals surface area contributed by atoms with Gasteiger partial charge in [0.05, 0.1) is 0 Å². The van der Waals surface area contributed by atoms with Crippen molar-refractivity contribution in [2.75, 3.05) is 13.1 Å². The Hall–Kier alpha value is -1.84. The van der Waals surface area contributed by atoms with Crippen molar-refractivity contribution in [1.82, 2.24) is 4.90 Å². The first-order valence-corrected chi connectivity index (χ1v) is 7.68. The molecule has 1 aliphatic rings. The Balaban J connectivity index is 2.09. The third kappa shape index (κ3) is 3.43. The van der Waals surface area contributed by atoms with Crippen LogP contribution in [-0.2, 0) is 11.2 Å². The van der Waals surface area contributed by atoms with E-state index in [2.05, 4.69) is 0 Å². The number of hydrogen-bond donors (Lipinski definition) is 0. The number of likely N-dealkylation sites (N-methyl/N-ethyl adjacent to an activating group) is 1. The van der Waals surface area contributed by atoms with Crippen molar-refractivity contribution in [3.8, 4) is 5.75 Å². The summed E-state index contributed by atoms with van der Waals surface area (Å²) in [6, 6.07) is 5.51. The normalized spacial score (nSPS) is 15.3. The van der Waals surface area contributed by atoms with E-state index in [1.807, 2.05) is 26.0 Å². The fraction of sp³-hybridized carbons (Fsp3) is 0.529. The first-order valence-electron chi connectivity index (χ1n) is 7.68. The summed E-state index contributed by atoms with van der Waals surface area (Å²) in [6.45, 7) is 7.05. The highest BCUT2D eigenvalue weighted by molar-refractivity contribution is 5.98. The van der Waals surface area contributed by atoms with Gasteiger partial charge in [0.2, 0.25) is 0 Å². The number of carbonyl (C=O) groups is 2. The highest BCUT2D eigenvalue weighted by Crippen LogP contribution is 2.26. The second-order valence-electron chi connectivity index (χ2n) is 5.37. The van der Waals surface area contributed by atoms with Crippen LogP contribution >= 0.6 is 0 Å². The van der Waals surface area contributed by atoms with E-state index in [0.717, 1.165) is 24.0 Å². The van der Waals surface area contributed by atoms with Crippen molar-refractivity contribution >= 4 is 11.7 Å². The maximum atomic E-state index is 12.2. The Labute approximate surface area is 126 Å². The summed E-state index contributed by atoms with van der Waals surface area (Å²) in [5, 5.41) is 0. The van der Waals surface area contributed by atoms with Gasteiger partial charge < -0.3 is 9.64 Å². The molecular formula is C17H23NO3. The molecule has 0 saturated heterocycles. The molecule has 0 spiro atoms. The Bertz CT molecular complexity index is 535. The monoisotopic (exact) mass is 289 g/mol. The quantitative estimate of drug-likeness (QED) is 0.837. The lowest BCUT2D eigenvalue weighted by molar-refractivity contribution is -0.137. The summed E-state index contributed by atoms with van der Waals surface area (Å²) in [4.78, 5) is 25.7. The highest BCUT2D eigenvalue weighted by Gasteiger charge is 2.21. The van der Waals surface area contributed by atoms with Gasteiger partial charge in [-0.3, -0.25) is 9.59 Å². The van der Waals surface area contributed by atoms with E-state index in [9.17, 15) is 9.59 Å². The highest BCUT2D eigenvalue weighted by atomic mass is 16.5. The van der Waals surface area contributed by atoms with Crippen molar-refractivity contribution < 1.29 is 14.3 Å². The van der Waals surface area contributed by atoms with Crippen LogP contribution < -0.4 is 4.74 Å². The number of Topliss-reactive ketones (excluding diaryl/α,β-unsaturated/α-hetero) is 1. The zero-order valence-corrected chi connectivity index (χ0v) is 13.0. The summed E-state index contributed by atoms with van der Waals surface area (Å²) < 4.78 is 5.76. The molecule has 4 heteroatoms. The van der Waals surface area contributed by atoms with Gasteiger partial charge in [-0.25, -0.2) is 0 Å². The molecule has 0 aromatic heterocycles. The maximum Gasteiger partial charge on any atom is 0.263 e. The molecule has 2 rings (SSSR count). The zero-order chi connectivity index (χ0) is 15.4. The van der Waals surface area contributed by atoms with Gasteiger partial charge in [-0.05, 0) is 57.4 Å². The fourth-order valence-electron chi connectivity index (χ4n) is 2.74. The minimum atomic E-state index is -0.512. The second kappa shape index (κ2) is 6.74. The lowest BCUT2D eigenvalue weighted by Gasteiger charge is -2.24. The van der Waals surface area contributed by atoms with Crippen LogP contribution in [0.5, 0.6) is 5.75 Å². The molecule has 0 N–H and O–H groups in total. The van der Waals surface area contributed by atoms with E-state index in [-0.39, 0.29) is 11.7 Å². The van der Waals surface area contributed by atoms with Gasteiger partial charge in [0.1, 0.15) is 5.75 Å². The second-order valence-corrected chi connectivity index (χ2v) is 5.37. The van der Waals surface area contributed by atoms with E-state index in [1.54, 1.807) is 17.9 Å². The molecular weight excluding hydrogens is 266 g/mol. The number of nitrogens with zero attached hydrogens (tertiary/aromatic N) is 1. The average Bonchev–Trinajstić information content (AvgIpc) is 2.48. The van der Waals surface area contributed by atoms with Crippen LogP contribution in [0, 0.1) is 0 Å². The first-order chi connectivity index (χ1) is 10.1. The molecule has 0 saturated carbocycles. The number of benzene rings is 1. The summed E-state index contributed by atoms with van der Waals surface area (Å²) in [7, 11) is 0. The molecule has 1 aromatic carbocycles. The van der Waals surface area contributed by atoms with E-state index >= 15 is 0 Å². The number of rotatable bonds is 5. The molecule has 0 bridgehead atoms. The fourth-order valence-corrected chi connectivity index (χ4v) is 2.74. The van der Waals surface area contributed by atoms with Crippen LogP contribution in [0.4, 0.5) is 0 Å². The van der Waals surface area contributed by atoms with Gasteiger partial charge >= 0.3 is 0 Å². The van der Waals surface area contributed by atoms with E-state index < -0.39 is 6.10 Å². The van der Waals surface area contributed by atoms with Crippen molar-refractivity contribution in [3.05, 3.63) is 29.3 Å². The topological polar surface area (TPSA) is 46.6 Å². The number of ether oxygens (including phenoxy) is 1. The molecule has 0 radical (unpaired) electrons. The summed E-state index contributed by atoms with van der Waals surface area (Å²) >= 11 is 0. The summed E-state index contributed by atoms with van der Waals surface area (Å²) in [5.41, 5.74) is 1.84. The molecule has 0 heterocycles. The largest absolute Gasteiger partial charge is 0.481 e.